The zero-order valence-electron chi connectivity index (χ0n) is 13.1. The minimum atomic E-state index is -0.351. The van der Waals surface area contributed by atoms with E-state index in [0.29, 0.717) is 13.1 Å². The van der Waals surface area contributed by atoms with Gasteiger partial charge in [-0.1, -0.05) is 13.8 Å². The molecule has 2 atom stereocenters. The molecule has 1 rings (SSSR count). The van der Waals surface area contributed by atoms with Crippen LogP contribution in [-0.2, 0) is 0 Å². The number of amides is 2. The molecule has 3 N–H and O–H groups in total. The number of nitrogens with zero attached hydrogens (tertiary/aromatic N) is 1. The molecule has 2 amide bonds. The molecule has 0 radical (unpaired) electrons. The highest BCUT2D eigenvalue weighted by molar-refractivity contribution is 5.74. The average Bonchev–Trinajstić information content (AvgIpc) is 2.43. The number of nitrogens with one attached hydrogen (secondary N) is 1. The first kappa shape index (κ1) is 17.2. The Morgan fingerprint density at radius 1 is 1.50 bits per heavy atom. The molecule has 1 heterocycles. The lowest BCUT2D eigenvalue weighted by atomic mass is 9.89. The lowest BCUT2D eigenvalue weighted by Gasteiger charge is -2.34. The molecule has 2 unspecified atom stereocenters. The van der Waals surface area contributed by atoms with Gasteiger partial charge in [0.15, 0.2) is 0 Å². The maximum atomic E-state index is 12.0. The Morgan fingerprint density at radius 2 is 2.20 bits per heavy atom. The van der Waals surface area contributed by atoms with E-state index in [0.717, 1.165) is 32.2 Å². The number of aliphatic hydroxyl groups is 2. The predicted molar refractivity (Wildman–Crippen MR) is 79.5 cm³/mol. The van der Waals surface area contributed by atoms with Crippen molar-refractivity contribution in [2.75, 3.05) is 26.2 Å². The van der Waals surface area contributed by atoms with Crippen molar-refractivity contribution >= 4 is 6.03 Å². The van der Waals surface area contributed by atoms with Crippen molar-refractivity contribution in [2.45, 2.75) is 52.6 Å². The molecule has 0 aromatic carbocycles. The summed E-state index contributed by atoms with van der Waals surface area (Å²) in [4.78, 5) is 13.8. The van der Waals surface area contributed by atoms with Crippen LogP contribution in [0.25, 0.3) is 0 Å². The molecule has 5 nitrogen and oxygen atoms in total. The summed E-state index contributed by atoms with van der Waals surface area (Å²) < 4.78 is 0. The molecule has 20 heavy (non-hydrogen) atoms. The Bertz CT molecular complexity index is 305. The summed E-state index contributed by atoms with van der Waals surface area (Å²) in [6.07, 6.45) is 3.36. The molecule has 5 heteroatoms. The third kappa shape index (κ3) is 5.67. The highest BCUT2D eigenvalue weighted by atomic mass is 16.3. The van der Waals surface area contributed by atoms with Gasteiger partial charge in [0, 0.05) is 32.2 Å². The molecule has 0 aromatic heterocycles. The fourth-order valence-corrected chi connectivity index (χ4v) is 2.54. The number of carbonyl (C=O) groups is 1. The summed E-state index contributed by atoms with van der Waals surface area (Å²) in [5.74, 6) is 0.197. The van der Waals surface area contributed by atoms with Gasteiger partial charge in [0.05, 0.1) is 6.10 Å². The maximum absolute atomic E-state index is 12.0. The van der Waals surface area contributed by atoms with Crippen LogP contribution in [0.3, 0.4) is 0 Å². The van der Waals surface area contributed by atoms with Crippen LogP contribution in [0.1, 0.15) is 46.5 Å². The number of rotatable bonds is 6. The van der Waals surface area contributed by atoms with Crippen LogP contribution in [0, 0.1) is 11.3 Å². The smallest absolute Gasteiger partial charge is 0.317 e. The van der Waals surface area contributed by atoms with Gasteiger partial charge in [0.25, 0.3) is 0 Å². The summed E-state index contributed by atoms with van der Waals surface area (Å²) in [5.41, 5.74) is -0.0761. The molecular weight excluding hydrogens is 256 g/mol. The lowest BCUT2D eigenvalue weighted by Crippen LogP contribution is -2.47. The first-order chi connectivity index (χ1) is 9.35. The van der Waals surface area contributed by atoms with Crippen molar-refractivity contribution in [3.05, 3.63) is 0 Å². The van der Waals surface area contributed by atoms with E-state index in [2.05, 4.69) is 5.32 Å². The van der Waals surface area contributed by atoms with Crippen LogP contribution in [0.4, 0.5) is 4.79 Å². The fourth-order valence-electron chi connectivity index (χ4n) is 2.54. The van der Waals surface area contributed by atoms with E-state index < -0.39 is 0 Å². The zero-order chi connectivity index (χ0) is 15.2. The largest absolute Gasteiger partial charge is 0.396 e. The molecular formula is C15H30N2O3. The van der Waals surface area contributed by atoms with Gasteiger partial charge in [0.1, 0.15) is 0 Å². The Morgan fingerprint density at radius 3 is 2.80 bits per heavy atom. The minimum absolute atomic E-state index is 0.0304. The second-order valence-corrected chi connectivity index (χ2v) is 6.75. The van der Waals surface area contributed by atoms with Crippen molar-refractivity contribution in [3.8, 4) is 0 Å². The van der Waals surface area contributed by atoms with E-state index in [1.54, 1.807) is 11.8 Å². The first-order valence-electron chi connectivity index (χ1n) is 7.67. The molecule has 0 spiro atoms. The van der Waals surface area contributed by atoms with Crippen LogP contribution in [-0.4, -0.2) is 53.5 Å². The van der Waals surface area contributed by atoms with Crippen molar-refractivity contribution < 1.29 is 15.0 Å². The van der Waals surface area contributed by atoms with Crippen molar-refractivity contribution in [1.82, 2.24) is 10.2 Å². The fraction of sp³-hybridized carbons (Fsp3) is 0.933. The molecule has 1 aliphatic heterocycles. The van der Waals surface area contributed by atoms with Gasteiger partial charge in [-0.3, -0.25) is 0 Å². The van der Waals surface area contributed by atoms with E-state index in [-0.39, 0.29) is 30.1 Å². The second-order valence-electron chi connectivity index (χ2n) is 6.75. The highest BCUT2D eigenvalue weighted by Crippen LogP contribution is 2.21. The number of aliphatic hydroxyl groups excluding tert-OH is 2. The lowest BCUT2D eigenvalue weighted by molar-refractivity contribution is 0.0738. The molecule has 1 fully saturated rings. The average molecular weight is 286 g/mol. The molecule has 0 saturated carbocycles. The molecule has 1 saturated heterocycles. The number of hydrogen-bond acceptors (Lipinski definition) is 3. The van der Waals surface area contributed by atoms with Crippen LogP contribution < -0.4 is 5.32 Å². The van der Waals surface area contributed by atoms with E-state index in [1.165, 1.54) is 0 Å². The summed E-state index contributed by atoms with van der Waals surface area (Å²) in [6, 6.07) is -0.0304. The minimum Gasteiger partial charge on any atom is -0.396 e. The quantitative estimate of drug-likeness (QED) is 0.649. The van der Waals surface area contributed by atoms with Gasteiger partial charge in [-0.05, 0) is 38.0 Å². The number of urea groups is 1. The summed E-state index contributed by atoms with van der Waals surface area (Å²) in [7, 11) is 0. The van der Waals surface area contributed by atoms with Crippen LogP contribution in [0.15, 0.2) is 0 Å². The molecule has 0 bridgehead atoms. The third-order valence-corrected chi connectivity index (χ3v) is 4.16. The van der Waals surface area contributed by atoms with Gasteiger partial charge >= 0.3 is 6.03 Å². The predicted octanol–water partition coefficient (Wildman–Crippen LogP) is 1.59. The molecule has 118 valence electrons. The standard InChI is InChI=1S/C15H30N2O3/c1-12(19)13-6-4-9-17(10-13)14(20)16-8-5-7-15(2,3)11-18/h12-13,18-19H,4-11H2,1-3H3,(H,16,20). The summed E-state index contributed by atoms with van der Waals surface area (Å²) in [6.45, 7) is 8.06. The third-order valence-electron chi connectivity index (χ3n) is 4.16. The van der Waals surface area contributed by atoms with Gasteiger partial charge in [-0.15, -0.1) is 0 Å². The van der Waals surface area contributed by atoms with Gasteiger partial charge in [-0.2, -0.15) is 0 Å². The second kappa shape index (κ2) is 7.84. The number of carbonyl (C=O) groups excluding carboxylic acids is 1. The van der Waals surface area contributed by atoms with Gasteiger partial charge < -0.3 is 20.4 Å². The van der Waals surface area contributed by atoms with E-state index >= 15 is 0 Å². The number of hydrogen-bond donors (Lipinski definition) is 3. The van der Waals surface area contributed by atoms with Crippen LogP contribution >= 0.6 is 0 Å². The topological polar surface area (TPSA) is 72.8 Å². The van der Waals surface area contributed by atoms with Gasteiger partial charge in [0.2, 0.25) is 0 Å². The SMILES string of the molecule is CC(O)C1CCCN(C(=O)NCCCC(C)(C)CO)C1. The Labute approximate surface area is 122 Å². The first-order valence-corrected chi connectivity index (χ1v) is 7.67. The molecule has 1 aliphatic rings. The zero-order valence-corrected chi connectivity index (χ0v) is 13.1. The highest BCUT2D eigenvalue weighted by Gasteiger charge is 2.26. The number of piperidine rings is 1. The summed E-state index contributed by atoms with van der Waals surface area (Å²) in [5, 5.41) is 21.7. The van der Waals surface area contributed by atoms with Crippen LogP contribution in [0.5, 0.6) is 0 Å². The number of likely N-dealkylation sites (tertiary alicyclic amines) is 1. The van der Waals surface area contributed by atoms with Crippen molar-refractivity contribution in [3.63, 3.8) is 0 Å². The molecule has 0 aromatic rings. The van der Waals surface area contributed by atoms with E-state index in [9.17, 15) is 9.90 Å². The van der Waals surface area contributed by atoms with E-state index in [4.69, 9.17) is 5.11 Å². The summed E-state index contributed by atoms with van der Waals surface area (Å²) >= 11 is 0. The maximum Gasteiger partial charge on any atom is 0.317 e. The van der Waals surface area contributed by atoms with Crippen molar-refractivity contribution in [1.29, 1.82) is 0 Å². The monoisotopic (exact) mass is 286 g/mol. The van der Waals surface area contributed by atoms with E-state index in [1.807, 2.05) is 13.8 Å². The van der Waals surface area contributed by atoms with Crippen LogP contribution in [0.2, 0.25) is 0 Å². The Kier molecular flexibility index (Phi) is 6.76. The van der Waals surface area contributed by atoms with Gasteiger partial charge in [-0.25, -0.2) is 4.79 Å². The molecule has 0 aliphatic carbocycles. The Balaban J connectivity index is 2.25. The Hall–Kier alpha value is -0.810. The van der Waals surface area contributed by atoms with Crippen molar-refractivity contribution in [2.24, 2.45) is 11.3 Å². The normalized spacial score (nSPS) is 21.6.